The van der Waals surface area contributed by atoms with E-state index in [4.69, 9.17) is 4.74 Å². The second kappa shape index (κ2) is 7.00. The molecule has 1 atom stereocenters. The van der Waals surface area contributed by atoms with Crippen molar-refractivity contribution in [3.05, 3.63) is 58.1 Å². The van der Waals surface area contributed by atoms with Gasteiger partial charge in [-0.25, -0.2) is 4.39 Å². The fourth-order valence-corrected chi connectivity index (χ4v) is 2.73. The van der Waals surface area contributed by atoms with Gasteiger partial charge in [0.2, 0.25) is 5.82 Å². The molecular formula is C16H16BrF2NO. The lowest BCUT2D eigenvalue weighted by molar-refractivity contribution is 0.415. The summed E-state index contributed by atoms with van der Waals surface area (Å²) < 4.78 is 33.0. The van der Waals surface area contributed by atoms with Gasteiger partial charge in [0.05, 0.1) is 0 Å². The lowest BCUT2D eigenvalue weighted by Gasteiger charge is -2.16. The molecule has 2 rings (SSSR count). The van der Waals surface area contributed by atoms with Crippen LogP contribution in [0.2, 0.25) is 0 Å². The fraction of sp³-hybridized carbons (Fsp3) is 0.250. The van der Waals surface area contributed by atoms with Crippen LogP contribution in [0.25, 0.3) is 0 Å². The summed E-state index contributed by atoms with van der Waals surface area (Å²) in [5, 5.41) is 3.31. The van der Waals surface area contributed by atoms with Crippen LogP contribution in [0.4, 0.5) is 8.78 Å². The topological polar surface area (TPSA) is 21.3 Å². The maximum Gasteiger partial charge on any atom is 0.201 e. The average Bonchev–Trinajstić information content (AvgIpc) is 2.44. The molecule has 0 fully saturated rings. The van der Waals surface area contributed by atoms with Gasteiger partial charge in [0.1, 0.15) is 5.75 Å². The van der Waals surface area contributed by atoms with Crippen LogP contribution in [0.3, 0.4) is 0 Å². The zero-order valence-corrected chi connectivity index (χ0v) is 13.4. The van der Waals surface area contributed by atoms with Gasteiger partial charge in [-0.15, -0.1) is 0 Å². The standard InChI is InChI=1S/C16H16BrF2NO/c1-3-20-10(2)12-8-7-11(9-13(12)17)21-15-6-4-5-14(18)16(15)19/h4-10,20H,3H2,1-2H3. The molecule has 5 heteroatoms. The number of hydrogen-bond acceptors (Lipinski definition) is 2. The Morgan fingerprint density at radius 2 is 2.00 bits per heavy atom. The molecule has 0 saturated heterocycles. The molecule has 0 aliphatic carbocycles. The van der Waals surface area contributed by atoms with Crippen molar-refractivity contribution in [1.29, 1.82) is 0 Å². The number of hydrogen-bond donors (Lipinski definition) is 1. The van der Waals surface area contributed by atoms with E-state index in [0.717, 1.165) is 22.6 Å². The third-order valence-electron chi connectivity index (χ3n) is 3.09. The first-order valence-corrected chi connectivity index (χ1v) is 7.47. The van der Waals surface area contributed by atoms with Crippen molar-refractivity contribution in [3.8, 4) is 11.5 Å². The second-order valence-electron chi connectivity index (χ2n) is 4.62. The molecule has 21 heavy (non-hydrogen) atoms. The first-order chi connectivity index (χ1) is 10.0. The van der Waals surface area contributed by atoms with Crippen LogP contribution in [0.15, 0.2) is 40.9 Å². The van der Waals surface area contributed by atoms with Gasteiger partial charge >= 0.3 is 0 Å². The summed E-state index contributed by atoms with van der Waals surface area (Å²) in [5.41, 5.74) is 1.07. The van der Waals surface area contributed by atoms with E-state index in [1.54, 1.807) is 12.1 Å². The maximum absolute atomic E-state index is 13.6. The van der Waals surface area contributed by atoms with Crippen LogP contribution in [0.1, 0.15) is 25.5 Å². The number of halogens is 3. The van der Waals surface area contributed by atoms with Crippen molar-refractivity contribution in [2.24, 2.45) is 0 Å². The summed E-state index contributed by atoms with van der Waals surface area (Å²) in [4.78, 5) is 0. The monoisotopic (exact) mass is 355 g/mol. The minimum absolute atomic E-state index is 0.130. The van der Waals surface area contributed by atoms with Gasteiger partial charge in [-0.2, -0.15) is 4.39 Å². The Kier molecular flexibility index (Phi) is 5.31. The van der Waals surface area contributed by atoms with Crippen LogP contribution < -0.4 is 10.1 Å². The third kappa shape index (κ3) is 3.80. The number of ether oxygens (including phenoxy) is 1. The van der Waals surface area contributed by atoms with Crippen molar-refractivity contribution in [2.45, 2.75) is 19.9 Å². The summed E-state index contributed by atoms with van der Waals surface area (Å²) >= 11 is 3.48. The maximum atomic E-state index is 13.6. The van der Waals surface area contributed by atoms with E-state index in [0.29, 0.717) is 5.75 Å². The SMILES string of the molecule is CCNC(C)c1ccc(Oc2cccc(F)c2F)cc1Br. The molecule has 0 radical (unpaired) electrons. The highest BCUT2D eigenvalue weighted by atomic mass is 79.9. The van der Waals surface area contributed by atoms with Crippen molar-refractivity contribution < 1.29 is 13.5 Å². The summed E-state index contributed by atoms with van der Waals surface area (Å²) in [5.74, 6) is -1.60. The van der Waals surface area contributed by atoms with Gasteiger partial charge in [-0.05, 0) is 43.3 Å². The van der Waals surface area contributed by atoms with E-state index < -0.39 is 11.6 Å². The summed E-state index contributed by atoms with van der Waals surface area (Å²) in [6, 6.07) is 9.41. The van der Waals surface area contributed by atoms with Crippen molar-refractivity contribution in [1.82, 2.24) is 5.32 Å². The van der Waals surface area contributed by atoms with Crippen LogP contribution in [-0.4, -0.2) is 6.54 Å². The highest BCUT2D eigenvalue weighted by Crippen LogP contribution is 2.31. The first-order valence-electron chi connectivity index (χ1n) is 6.67. The van der Waals surface area contributed by atoms with Gasteiger partial charge in [-0.1, -0.05) is 35.0 Å². The largest absolute Gasteiger partial charge is 0.454 e. The molecule has 0 aliphatic rings. The highest BCUT2D eigenvalue weighted by Gasteiger charge is 2.12. The van der Waals surface area contributed by atoms with Crippen molar-refractivity contribution in [3.63, 3.8) is 0 Å². The van der Waals surface area contributed by atoms with Gasteiger partial charge < -0.3 is 10.1 Å². The van der Waals surface area contributed by atoms with Gasteiger partial charge in [0, 0.05) is 10.5 Å². The Bertz CT molecular complexity index is 634. The van der Waals surface area contributed by atoms with E-state index in [1.807, 2.05) is 13.0 Å². The summed E-state index contributed by atoms with van der Waals surface area (Å²) in [6.45, 7) is 4.95. The molecule has 1 N–H and O–H groups in total. The molecule has 1 unspecified atom stereocenters. The number of nitrogens with one attached hydrogen (secondary N) is 1. The van der Waals surface area contributed by atoms with Gasteiger partial charge in [0.25, 0.3) is 0 Å². The molecule has 2 aromatic rings. The van der Waals surface area contributed by atoms with Gasteiger partial charge in [-0.3, -0.25) is 0 Å². The zero-order chi connectivity index (χ0) is 15.4. The molecular weight excluding hydrogens is 340 g/mol. The van der Waals surface area contributed by atoms with Gasteiger partial charge in [0.15, 0.2) is 11.6 Å². The van der Waals surface area contributed by atoms with E-state index in [9.17, 15) is 8.78 Å². The third-order valence-corrected chi connectivity index (χ3v) is 3.78. The number of rotatable bonds is 5. The predicted molar refractivity (Wildman–Crippen MR) is 82.7 cm³/mol. The van der Waals surface area contributed by atoms with E-state index in [2.05, 4.69) is 28.2 Å². The Labute approximate surface area is 131 Å². The fourth-order valence-electron chi connectivity index (χ4n) is 2.03. The Morgan fingerprint density at radius 3 is 2.67 bits per heavy atom. The molecule has 0 aromatic heterocycles. The highest BCUT2D eigenvalue weighted by molar-refractivity contribution is 9.10. The normalized spacial score (nSPS) is 12.2. The summed E-state index contributed by atoms with van der Waals surface area (Å²) in [7, 11) is 0. The molecule has 0 bridgehead atoms. The van der Waals surface area contributed by atoms with Crippen LogP contribution in [0, 0.1) is 11.6 Å². The molecule has 0 saturated carbocycles. The molecule has 0 aliphatic heterocycles. The van der Waals surface area contributed by atoms with E-state index in [1.165, 1.54) is 12.1 Å². The Morgan fingerprint density at radius 1 is 1.24 bits per heavy atom. The molecule has 2 aromatic carbocycles. The smallest absolute Gasteiger partial charge is 0.201 e. The predicted octanol–water partition coefficient (Wildman–Crippen LogP) is 5.19. The molecule has 0 heterocycles. The minimum Gasteiger partial charge on any atom is -0.454 e. The molecule has 0 spiro atoms. The average molecular weight is 356 g/mol. The first kappa shape index (κ1) is 15.9. The lowest BCUT2D eigenvalue weighted by Crippen LogP contribution is -2.18. The summed E-state index contributed by atoms with van der Waals surface area (Å²) in [6.07, 6.45) is 0. The Hall–Kier alpha value is -1.46. The molecule has 112 valence electrons. The zero-order valence-electron chi connectivity index (χ0n) is 11.8. The molecule has 0 amide bonds. The minimum atomic E-state index is -0.987. The van der Waals surface area contributed by atoms with E-state index in [-0.39, 0.29) is 11.8 Å². The van der Waals surface area contributed by atoms with Crippen LogP contribution in [-0.2, 0) is 0 Å². The lowest BCUT2D eigenvalue weighted by atomic mass is 10.1. The van der Waals surface area contributed by atoms with Crippen molar-refractivity contribution >= 4 is 15.9 Å². The Balaban J connectivity index is 2.22. The van der Waals surface area contributed by atoms with Crippen molar-refractivity contribution in [2.75, 3.05) is 6.54 Å². The van der Waals surface area contributed by atoms with E-state index >= 15 is 0 Å². The van der Waals surface area contributed by atoms with Crippen LogP contribution in [0.5, 0.6) is 11.5 Å². The number of benzene rings is 2. The second-order valence-corrected chi connectivity index (χ2v) is 5.47. The quantitative estimate of drug-likeness (QED) is 0.796. The van der Waals surface area contributed by atoms with Crippen LogP contribution >= 0.6 is 15.9 Å². The molecule has 2 nitrogen and oxygen atoms in total.